The number of hydrogen-bond acceptors (Lipinski definition) is 3. The van der Waals surface area contributed by atoms with Crippen LogP contribution in [0.2, 0.25) is 0 Å². The van der Waals surface area contributed by atoms with Crippen molar-refractivity contribution in [3.05, 3.63) is 29.8 Å². The highest BCUT2D eigenvalue weighted by Gasteiger charge is 2.40. The molecule has 0 amide bonds. The lowest BCUT2D eigenvalue weighted by Gasteiger charge is -2.34. The summed E-state index contributed by atoms with van der Waals surface area (Å²) in [5.74, 6) is 1.64. The first-order valence-electron chi connectivity index (χ1n) is 14.9. The summed E-state index contributed by atoms with van der Waals surface area (Å²) in [5.41, 5.74) is 1.09. The first-order chi connectivity index (χ1) is 17.1. The van der Waals surface area contributed by atoms with Crippen LogP contribution in [0.4, 0.5) is 0 Å². The maximum Gasteiger partial charge on any atom is 0.151 e. The smallest absolute Gasteiger partial charge is 0.151 e. The maximum absolute atomic E-state index is 13.8. The van der Waals surface area contributed by atoms with E-state index < -0.39 is 0 Å². The first kappa shape index (κ1) is 27.9. The summed E-state index contributed by atoms with van der Waals surface area (Å²) in [4.78, 5) is 26.8. The Morgan fingerprint density at radius 3 is 2.20 bits per heavy atom. The second kappa shape index (κ2) is 15.5. The lowest BCUT2D eigenvalue weighted by molar-refractivity contribution is -0.137. The third-order valence-corrected chi connectivity index (χ3v) is 8.47. The predicted molar refractivity (Wildman–Crippen MR) is 145 cm³/mol. The quantitative estimate of drug-likeness (QED) is 0.185. The maximum atomic E-state index is 13.8. The normalized spacial score (nSPS) is 22.2. The van der Waals surface area contributed by atoms with Crippen molar-refractivity contribution in [3.63, 3.8) is 0 Å². The monoisotopic (exact) mass is 482 g/mol. The largest absolute Gasteiger partial charge is 0.494 e. The van der Waals surface area contributed by atoms with Crippen LogP contribution in [-0.2, 0) is 9.59 Å². The molecule has 196 valence electrons. The molecule has 2 saturated carbocycles. The molecule has 0 aliphatic heterocycles. The van der Waals surface area contributed by atoms with Gasteiger partial charge in [0.15, 0.2) is 5.78 Å². The molecule has 1 aromatic carbocycles. The Morgan fingerprint density at radius 2 is 1.54 bits per heavy atom. The fraction of sp³-hybridized carbons (Fsp3) is 0.750. The van der Waals surface area contributed by atoms with Gasteiger partial charge >= 0.3 is 0 Å². The molecule has 0 aromatic heterocycles. The van der Waals surface area contributed by atoms with Crippen molar-refractivity contribution in [1.82, 2.24) is 0 Å². The van der Waals surface area contributed by atoms with E-state index >= 15 is 0 Å². The molecular formula is C32H50O3. The number of hydrogen-bond donors (Lipinski definition) is 0. The fourth-order valence-electron chi connectivity index (χ4n) is 6.42. The molecule has 3 unspecified atom stereocenters. The number of rotatable bonds is 15. The zero-order chi connectivity index (χ0) is 24.9. The average Bonchev–Trinajstić information content (AvgIpc) is 2.87. The number of ketones is 2. The van der Waals surface area contributed by atoms with Gasteiger partial charge in [-0.05, 0) is 61.6 Å². The van der Waals surface area contributed by atoms with Crippen molar-refractivity contribution in [3.8, 4) is 5.75 Å². The molecule has 3 rings (SSSR count). The molecule has 0 N–H and O–H groups in total. The molecule has 1 aromatic rings. The van der Waals surface area contributed by atoms with Gasteiger partial charge in [0.25, 0.3) is 0 Å². The molecule has 0 radical (unpaired) electrons. The third kappa shape index (κ3) is 8.76. The summed E-state index contributed by atoms with van der Waals surface area (Å²) >= 11 is 0. The average molecular weight is 483 g/mol. The van der Waals surface area contributed by atoms with Gasteiger partial charge in [0.05, 0.1) is 12.5 Å². The van der Waals surface area contributed by atoms with Crippen LogP contribution in [0.3, 0.4) is 0 Å². The van der Waals surface area contributed by atoms with Crippen molar-refractivity contribution in [1.29, 1.82) is 0 Å². The molecule has 2 aliphatic rings. The van der Waals surface area contributed by atoms with Crippen molar-refractivity contribution < 1.29 is 14.3 Å². The molecule has 3 nitrogen and oxygen atoms in total. The van der Waals surface area contributed by atoms with Crippen LogP contribution in [0, 0.1) is 17.8 Å². The van der Waals surface area contributed by atoms with Gasteiger partial charge in [-0.2, -0.15) is 0 Å². The first-order valence-corrected chi connectivity index (χ1v) is 14.9. The second-order valence-corrected chi connectivity index (χ2v) is 11.3. The second-order valence-electron chi connectivity index (χ2n) is 11.3. The number of carbonyl (C=O) groups excluding carboxylic acids is 2. The van der Waals surface area contributed by atoms with Gasteiger partial charge in [-0.1, -0.05) is 96.6 Å². The Balaban J connectivity index is 1.58. The molecule has 0 spiro atoms. The standard InChI is InChI=1S/C32H50O3/c1-3-5-6-7-8-9-13-23-35-28-20-18-27(19-21-28)31(26-15-11-10-12-16-26)32(34)29-22-17-25(14-4-2)24-30(29)33/h18-21,25-26,29,31H,3-17,22-24H2,1-2H3. The van der Waals surface area contributed by atoms with Crippen LogP contribution in [0.25, 0.3) is 0 Å². The zero-order valence-corrected chi connectivity index (χ0v) is 22.6. The summed E-state index contributed by atoms with van der Waals surface area (Å²) in [6.45, 7) is 5.20. The van der Waals surface area contributed by atoms with E-state index in [4.69, 9.17) is 4.74 Å². The highest BCUT2D eigenvalue weighted by atomic mass is 16.5. The van der Waals surface area contributed by atoms with Gasteiger partial charge in [-0.25, -0.2) is 0 Å². The van der Waals surface area contributed by atoms with Crippen LogP contribution < -0.4 is 4.74 Å². The molecule has 0 heterocycles. The summed E-state index contributed by atoms with van der Waals surface area (Å²) in [7, 11) is 0. The van der Waals surface area contributed by atoms with E-state index in [0.29, 0.717) is 18.3 Å². The van der Waals surface area contributed by atoms with Crippen LogP contribution in [0.1, 0.15) is 134 Å². The number of carbonyl (C=O) groups is 2. The van der Waals surface area contributed by atoms with Crippen LogP contribution in [0.15, 0.2) is 24.3 Å². The van der Waals surface area contributed by atoms with E-state index in [1.165, 1.54) is 57.8 Å². The van der Waals surface area contributed by atoms with Crippen LogP contribution in [0.5, 0.6) is 5.75 Å². The van der Waals surface area contributed by atoms with Crippen molar-refractivity contribution >= 4 is 11.6 Å². The van der Waals surface area contributed by atoms with Gasteiger partial charge in [0, 0.05) is 12.3 Å². The van der Waals surface area contributed by atoms with E-state index in [9.17, 15) is 9.59 Å². The minimum Gasteiger partial charge on any atom is -0.494 e. The van der Waals surface area contributed by atoms with E-state index in [-0.39, 0.29) is 23.4 Å². The van der Waals surface area contributed by atoms with Gasteiger partial charge < -0.3 is 4.74 Å². The topological polar surface area (TPSA) is 43.4 Å². The Kier molecular flexibility index (Phi) is 12.3. The Labute approximate surface area is 214 Å². The number of ether oxygens (including phenoxy) is 1. The minimum atomic E-state index is -0.386. The molecule has 35 heavy (non-hydrogen) atoms. The molecule has 2 aliphatic carbocycles. The summed E-state index contributed by atoms with van der Waals surface area (Å²) in [6, 6.07) is 8.29. The van der Waals surface area contributed by atoms with Gasteiger partial charge in [-0.15, -0.1) is 0 Å². The van der Waals surface area contributed by atoms with Crippen molar-refractivity contribution in [2.24, 2.45) is 17.8 Å². The summed E-state index contributed by atoms with van der Waals surface area (Å²) in [5, 5.41) is 0. The molecule has 0 saturated heterocycles. The lowest BCUT2D eigenvalue weighted by atomic mass is 9.68. The van der Waals surface area contributed by atoms with Gasteiger partial charge in [0.1, 0.15) is 11.5 Å². The SMILES string of the molecule is CCCCCCCCCOc1ccc(C(C(=O)C2CCC(CCC)CC2=O)C2CCCCC2)cc1. The highest BCUT2D eigenvalue weighted by molar-refractivity contribution is 6.05. The minimum absolute atomic E-state index is 0.135. The van der Waals surface area contributed by atoms with Crippen molar-refractivity contribution in [2.45, 2.75) is 129 Å². The molecular weight excluding hydrogens is 432 g/mol. The predicted octanol–water partition coefficient (Wildman–Crippen LogP) is 8.83. The van der Waals surface area contributed by atoms with E-state index in [2.05, 4.69) is 26.0 Å². The van der Waals surface area contributed by atoms with Gasteiger partial charge in [0.2, 0.25) is 0 Å². The zero-order valence-electron chi connectivity index (χ0n) is 22.6. The van der Waals surface area contributed by atoms with Crippen molar-refractivity contribution in [2.75, 3.05) is 6.61 Å². The molecule has 0 bridgehead atoms. The highest BCUT2D eigenvalue weighted by Crippen LogP contribution is 2.41. The van der Waals surface area contributed by atoms with Gasteiger partial charge in [-0.3, -0.25) is 9.59 Å². The number of unbranched alkanes of at least 4 members (excludes halogenated alkanes) is 6. The fourth-order valence-corrected chi connectivity index (χ4v) is 6.42. The molecule has 3 heteroatoms. The third-order valence-electron chi connectivity index (χ3n) is 8.47. The Morgan fingerprint density at radius 1 is 0.857 bits per heavy atom. The Hall–Kier alpha value is -1.64. The van der Waals surface area contributed by atoms with E-state index in [1.54, 1.807) is 0 Å². The summed E-state index contributed by atoms with van der Waals surface area (Å²) < 4.78 is 6.00. The lowest BCUT2D eigenvalue weighted by Crippen LogP contribution is -2.36. The van der Waals surface area contributed by atoms with Crippen LogP contribution >= 0.6 is 0 Å². The van der Waals surface area contributed by atoms with E-state index in [1.807, 2.05) is 12.1 Å². The number of benzene rings is 1. The molecule has 3 atom stereocenters. The van der Waals surface area contributed by atoms with E-state index in [0.717, 1.165) is 62.9 Å². The van der Waals surface area contributed by atoms with Crippen LogP contribution in [-0.4, -0.2) is 18.2 Å². The molecule has 2 fully saturated rings. The number of Topliss-reactive ketones (excluding diaryl/α,β-unsaturated/α-hetero) is 2. The Bertz CT molecular complexity index is 747. The summed E-state index contributed by atoms with van der Waals surface area (Å²) in [6.07, 6.45) is 19.4.